The highest BCUT2D eigenvalue weighted by atomic mass is 19.1. The third kappa shape index (κ3) is 3.48. The second-order valence-electron chi connectivity index (χ2n) is 5.19. The summed E-state index contributed by atoms with van der Waals surface area (Å²) in [6.07, 6.45) is 0. The second-order valence-corrected chi connectivity index (χ2v) is 5.19. The van der Waals surface area contributed by atoms with Crippen molar-refractivity contribution in [3.05, 3.63) is 35.4 Å². The lowest BCUT2D eigenvalue weighted by molar-refractivity contribution is -0.144. The van der Waals surface area contributed by atoms with Crippen LogP contribution in [0.4, 0.5) is 13.6 Å². The van der Waals surface area contributed by atoms with Crippen LogP contribution < -0.4 is 5.32 Å². The summed E-state index contributed by atoms with van der Waals surface area (Å²) >= 11 is 0. The van der Waals surface area contributed by atoms with Crippen LogP contribution in [-0.2, 0) is 11.3 Å². The first-order valence-electron chi connectivity index (χ1n) is 6.58. The van der Waals surface area contributed by atoms with E-state index in [9.17, 15) is 18.4 Å². The van der Waals surface area contributed by atoms with Crippen molar-refractivity contribution in [2.45, 2.75) is 13.5 Å². The molecular weight excluding hydrogens is 282 g/mol. The molecule has 1 heterocycles. The van der Waals surface area contributed by atoms with Crippen LogP contribution in [0, 0.1) is 23.5 Å². The largest absolute Gasteiger partial charge is 0.481 e. The Balaban J connectivity index is 1.80. The van der Waals surface area contributed by atoms with E-state index in [0.29, 0.717) is 13.1 Å². The maximum Gasteiger partial charge on any atom is 0.317 e. The number of nitrogens with one attached hydrogen (secondary N) is 1. The van der Waals surface area contributed by atoms with Gasteiger partial charge in [0.25, 0.3) is 0 Å². The van der Waals surface area contributed by atoms with Crippen molar-refractivity contribution in [1.82, 2.24) is 10.2 Å². The Kier molecular flexibility index (Phi) is 4.40. The van der Waals surface area contributed by atoms with Gasteiger partial charge in [0.05, 0.1) is 5.92 Å². The normalized spacial score (nSPS) is 16.2. The zero-order valence-corrected chi connectivity index (χ0v) is 11.5. The van der Waals surface area contributed by atoms with Crippen molar-refractivity contribution in [2.24, 2.45) is 11.8 Å². The van der Waals surface area contributed by atoms with Crippen LogP contribution in [0.5, 0.6) is 0 Å². The van der Waals surface area contributed by atoms with Crippen LogP contribution in [0.3, 0.4) is 0 Å². The first-order chi connectivity index (χ1) is 9.88. The van der Waals surface area contributed by atoms with Gasteiger partial charge in [0.2, 0.25) is 0 Å². The molecule has 2 rings (SSSR count). The van der Waals surface area contributed by atoms with E-state index in [2.05, 4.69) is 5.32 Å². The minimum absolute atomic E-state index is 0.0411. The fraction of sp³-hybridized carbons (Fsp3) is 0.429. The predicted molar refractivity (Wildman–Crippen MR) is 70.5 cm³/mol. The first kappa shape index (κ1) is 15.2. The number of amides is 2. The predicted octanol–water partition coefficient (Wildman–Crippen LogP) is 1.83. The molecule has 1 aromatic rings. The van der Waals surface area contributed by atoms with Crippen molar-refractivity contribution in [2.75, 3.05) is 13.1 Å². The maximum atomic E-state index is 13.4. The number of rotatable bonds is 4. The number of likely N-dealkylation sites (tertiary alicyclic amines) is 1. The molecule has 1 aliphatic heterocycles. The summed E-state index contributed by atoms with van der Waals surface area (Å²) in [6.45, 7) is 2.30. The van der Waals surface area contributed by atoms with Gasteiger partial charge in [-0.1, -0.05) is 13.0 Å². The topological polar surface area (TPSA) is 69.6 Å². The Morgan fingerprint density at radius 3 is 2.67 bits per heavy atom. The molecule has 1 fully saturated rings. The van der Waals surface area contributed by atoms with Gasteiger partial charge in [-0.05, 0) is 6.07 Å². The van der Waals surface area contributed by atoms with E-state index >= 15 is 0 Å². The van der Waals surface area contributed by atoms with Crippen molar-refractivity contribution in [3.8, 4) is 0 Å². The number of hydrogen-bond acceptors (Lipinski definition) is 2. The van der Waals surface area contributed by atoms with Gasteiger partial charge in [-0.2, -0.15) is 0 Å². The average Bonchev–Trinajstić information content (AvgIpc) is 2.35. The number of nitrogens with zero attached hydrogens (tertiary/aromatic N) is 1. The van der Waals surface area contributed by atoms with Gasteiger partial charge in [0.1, 0.15) is 11.6 Å². The lowest BCUT2D eigenvalue weighted by Gasteiger charge is -2.41. The SMILES string of the molecule is CC(C(=O)O)C1CN(C(=O)NCc2ccc(F)cc2F)C1. The van der Waals surface area contributed by atoms with E-state index in [1.165, 1.54) is 11.0 Å². The smallest absolute Gasteiger partial charge is 0.317 e. The lowest BCUT2D eigenvalue weighted by atomic mass is 9.87. The first-order valence-corrected chi connectivity index (χ1v) is 6.58. The Bertz CT molecular complexity index is 559. The monoisotopic (exact) mass is 298 g/mol. The van der Waals surface area contributed by atoms with E-state index in [1.54, 1.807) is 6.92 Å². The number of carboxylic acid groups (broad SMARTS) is 1. The highest BCUT2D eigenvalue weighted by Gasteiger charge is 2.37. The van der Waals surface area contributed by atoms with Gasteiger partial charge in [0.15, 0.2) is 0 Å². The van der Waals surface area contributed by atoms with Crippen LogP contribution in [0.1, 0.15) is 12.5 Å². The standard InChI is InChI=1S/C14H16F2N2O3/c1-8(13(19)20)10-6-18(7-10)14(21)17-5-9-2-3-11(15)4-12(9)16/h2-4,8,10H,5-7H2,1H3,(H,17,21)(H,19,20). The summed E-state index contributed by atoms with van der Waals surface area (Å²) in [5.74, 6) is -2.82. The van der Waals surface area contributed by atoms with Crippen LogP contribution in [-0.4, -0.2) is 35.1 Å². The summed E-state index contributed by atoms with van der Waals surface area (Å²) in [5.41, 5.74) is 0.195. The number of halogens is 2. The summed E-state index contributed by atoms with van der Waals surface area (Å²) < 4.78 is 26.1. The van der Waals surface area contributed by atoms with Crippen molar-refractivity contribution in [1.29, 1.82) is 0 Å². The molecule has 21 heavy (non-hydrogen) atoms. The highest BCUT2D eigenvalue weighted by Crippen LogP contribution is 2.24. The Morgan fingerprint density at radius 1 is 1.43 bits per heavy atom. The molecule has 0 aromatic heterocycles. The van der Waals surface area contributed by atoms with Gasteiger partial charge in [-0.25, -0.2) is 13.6 Å². The molecule has 7 heteroatoms. The molecule has 0 aliphatic carbocycles. The summed E-state index contributed by atoms with van der Waals surface area (Å²) in [5, 5.41) is 11.4. The van der Waals surface area contributed by atoms with Gasteiger partial charge in [-0.15, -0.1) is 0 Å². The zero-order chi connectivity index (χ0) is 15.6. The third-order valence-electron chi connectivity index (χ3n) is 3.74. The lowest BCUT2D eigenvalue weighted by Crippen LogP contribution is -2.56. The molecule has 0 radical (unpaired) electrons. The number of benzene rings is 1. The molecule has 0 saturated carbocycles. The average molecular weight is 298 g/mol. The van der Waals surface area contributed by atoms with Gasteiger partial charge in [0, 0.05) is 37.2 Å². The van der Waals surface area contributed by atoms with Crippen LogP contribution in [0.2, 0.25) is 0 Å². The van der Waals surface area contributed by atoms with E-state index in [4.69, 9.17) is 5.11 Å². The Hall–Kier alpha value is -2.18. The second kappa shape index (κ2) is 6.07. The fourth-order valence-corrected chi connectivity index (χ4v) is 2.14. The molecule has 114 valence electrons. The molecule has 1 unspecified atom stereocenters. The summed E-state index contributed by atoms with van der Waals surface area (Å²) in [4.78, 5) is 24.0. The van der Waals surface area contributed by atoms with E-state index in [-0.39, 0.29) is 24.1 Å². The van der Waals surface area contributed by atoms with E-state index in [0.717, 1.165) is 12.1 Å². The molecule has 0 spiro atoms. The van der Waals surface area contributed by atoms with Gasteiger partial charge in [-0.3, -0.25) is 4.79 Å². The van der Waals surface area contributed by atoms with Gasteiger partial charge < -0.3 is 15.3 Å². The minimum Gasteiger partial charge on any atom is -0.481 e. The number of carboxylic acids is 1. The number of carbonyl (C=O) groups excluding carboxylic acids is 1. The fourth-order valence-electron chi connectivity index (χ4n) is 2.14. The molecule has 1 aromatic carbocycles. The molecule has 1 aliphatic rings. The van der Waals surface area contributed by atoms with Gasteiger partial charge >= 0.3 is 12.0 Å². The molecule has 1 atom stereocenters. The molecular formula is C14H16F2N2O3. The number of carbonyl (C=O) groups is 2. The van der Waals surface area contributed by atoms with E-state index < -0.39 is 23.5 Å². The quantitative estimate of drug-likeness (QED) is 0.891. The molecule has 2 amide bonds. The third-order valence-corrected chi connectivity index (χ3v) is 3.74. The Morgan fingerprint density at radius 2 is 2.10 bits per heavy atom. The minimum atomic E-state index is -0.881. The highest BCUT2D eigenvalue weighted by molar-refractivity contribution is 5.76. The summed E-state index contributed by atoms with van der Waals surface area (Å²) in [6, 6.07) is 2.78. The number of hydrogen-bond donors (Lipinski definition) is 2. The maximum absolute atomic E-state index is 13.4. The summed E-state index contributed by atoms with van der Waals surface area (Å²) in [7, 11) is 0. The molecule has 5 nitrogen and oxygen atoms in total. The zero-order valence-electron chi connectivity index (χ0n) is 11.5. The molecule has 2 N–H and O–H groups in total. The van der Waals surface area contributed by atoms with Crippen molar-refractivity contribution >= 4 is 12.0 Å². The Labute approximate surface area is 120 Å². The van der Waals surface area contributed by atoms with E-state index in [1.807, 2.05) is 0 Å². The van der Waals surface area contributed by atoms with Crippen LogP contribution in [0.25, 0.3) is 0 Å². The van der Waals surface area contributed by atoms with Crippen molar-refractivity contribution in [3.63, 3.8) is 0 Å². The number of urea groups is 1. The van der Waals surface area contributed by atoms with Crippen LogP contribution >= 0.6 is 0 Å². The molecule has 0 bridgehead atoms. The van der Waals surface area contributed by atoms with Crippen molar-refractivity contribution < 1.29 is 23.5 Å². The van der Waals surface area contributed by atoms with Crippen LogP contribution in [0.15, 0.2) is 18.2 Å². The molecule has 1 saturated heterocycles. The number of aliphatic carboxylic acids is 1.